The summed E-state index contributed by atoms with van der Waals surface area (Å²) in [6.07, 6.45) is 3.97. The fourth-order valence-corrected chi connectivity index (χ4v) is 4.48. The first-order chi connectivity index (χ1) is 10.6. The van der Waals surface area contributed by atoms with Crippen molar-refractivity contribution in [3.05, 3.63) is 28.9 Å². The third kappa shape index (κ3) is 2.34. The fraction of sp³-hybridized carbons (Fsp3) is 0.588. The molecule has 2 saturated heterocycles. The number of hydrogen-bond acceptors (Lipinski definition) is 3. The van der Waals surface area contributed by atoms with E-state index < -0.39 is 0 Å². The number of aromatic nitrogens is 2. The lowest BCUT2D eigenvalue weighted by molar-refractivity contribution is 0.213. The summed E-state index contributed by atoms with van der Waals surface area (Å²) in [7, 11) is 4.29. The molecule has 118 valence electrons. The zero-order valence-corrected chi connectivity index (χ0v) is 14.1. The molecule has 2 bridgehead atoms. The third-order valence-electron chi connectivity index (χ3n) is 5.51. The minimum Gasteiger partial charge on any atom is -0.299 e. The van der Waals surface area contributed by atoms with Crippen LogP contribution < -0.4 is 0 Å². The summed E-state index contributed by atoms with van der Waals surface area (Å²) in [5.41, 5.74) is 2.24. The van der Waals surface area contributed by atoms with Crippen molar-refractivity contribution in [1.82, 2.24) is 19.6 Å². The highest BCUT2D eigenvalue weighted by molar-refractivity contribution is 6.35. The van der Waals surface area contributed by atoms with Gasteiger partial charge in [0.25, 0.3) is 0 Å². The standard InChI is InChI=1S/C17H23ClN4/c1-20-12-6-7-13(20)10-22(9-8-12)11-15-17-14(18)4-3-5-16(17)21(2)19-15/h3-5,12-13H,6-11H2,1-2H3/t12-,13+/m0/s1. The van der Waals surface area contributed by atoms with Crippen LogP contribution in [0.1, 0.15) is 25.0 Å². The molecule has 2 atom stereocenters. The lowest BCUT2D eigenvalue weighted by Crippen LogP contribution is -2.36. The molecule has 0 unspecified atom stereocenters. The minimum absolute atomic E-state index is 0.706. The van der Waals surface area contributed by atoms with Crippen molar-refractivity contribution in [3.63, 3.8) is 0 Å². The van der Waals surface area contributed by atoms with Gasteiger partial charge in [0.1, 0.15) is 0 Å². The van der Waals surface area contributed by atoms with Crippen molar-refractivity contribution in [1.29, 1.82) is 0 Å². The van der Waals surface area contributed by atoms with E-state index in [4.69, 9.17) is 16.7 Å². The molecule has 22 heavy (non-hydrogen) atoms. The number of likely N-dealkylation sites (tertiary alicyclic amines) is 1. The number of halogens is 1. The van der Waals surface area contributed by atoms with E-state index in [2.05, 4.69) is 22.9 Å². The van der Waals surface area contributed by atoms with Crippen LogP contribution in [0.4, 0.5) is 0 Å². The molecule has 1 aromatic heterocycles. The fourth-order valence-electron chi connectivity index (χ4n) is 4.20. The van der Waals surface area contributed by atoms with E-state index >= 15 is 0 Å². The van der Waals surface area contributed by atoms with Crippen LogP contribution in [0.15, 0.2) is 18.2 Å². The highest BCUT2D eigenvalue weighted by Crippen LogP contribution is 2.31. The first-order valence-electron chi connectivity index (χ1n) is 8.18. The van der Waals surface area contributed by atoms with Crippen LogP contribution in [0.3, 0.4) is 0 Å². The van der Waals surface area contributed by atoms with Crippen LogP contribution >= 0.6 is 11.6 Å². The topological polar surface area (TPSA) is 24.3 Å². The highest BCUT2D eigenvalue weighted by Gasteiger charge is 2.34. The number of aryl methyl sites for hydroxylation is 1. The zero-order chi connectivity index (χ0) is 15.3. The van der Waals surface area contributed by atoms with Gasteiger partial charge in [0.15, 0.2) is 0 Å². The van der Waals surface area contributed by atoms with E-state index in [-0.39, 0.29) is 0 Å². The first-order valence-corrected chi connectivity index (χ1v) is 8.55. The number of hydrogen-bond donors (Lipinski definition) is 0. The summed E-state index contributed by atoms with van der Waals surface area (Å²) in [6, 6.07) is 7.54. The average molecular weight is 319 g/mol. The Morgan fingerprint density at radius 1 is 1.18 bits per heavy atom. The van der Waals surface area contributed by atoms with E-state index in [0.717, 1.165) is 47.3 Å². The predicted octanol–water partition coefficient (Wildman–Crippen LogP) is 2.90. The molecule has 0 radical (unpaired) electrons. The normalized spacial score (nSPS) is 26.7. The Hall–Kier alpha value is -1.10. The van der Waals surface area contributed by atoms with Gasteiger partial charge in [-0.15, -0.1) is 0 Å². The van der Waals surface area contributed by atoms with E-state index in [1.165, 1.54) is 19.3 Å². The molecular formula is C17H23ClN4. The Bertz CT molecular complexity index is 695. The van der Waals surface area contributed by atoms with Crippen molar-refractivity contribution in [2.24, 2.45) is 7.05 Å². The second kappa shape index (κ2) is 5.52. The van der Waals surface area contributed by atoms with Crippen LogP contribution in [0.2, 0.25) is 5.02 Å². The molecule has 0 saturated carbocycles. The highest BCUT2D eigenvalue weighted by atomic mass is 35.5. The first kappa shape index (κ1) is 14.5. The van der Waals surface area contributed by atoms with Gasteiger partial charge >= 0.3 is 0 Å². The summed E-state index contributed by atoms with van der Waals surface area (Å²) in [4.78, 5) is 5.15. The molecule has 2 fully saturated rings. The van der Waals surface area contributed by atoms with Crippen molar-refractivity contribution in [2.45, 2.75) is 37.9 Å². The molecule has 0 N–H and O–H groups in total. The molecule has 5 heteroatoms. The largest absolute Gasteiger partial charge is 0.299 e. The van der Waals surface area contributed by atoms with Gasteiger partial charge in [0, 0.05) is 44.2 Å². The van der Waals surface area contributed by atoms with Crippen molar-refractivity contribution < 1.29 is 0 Å². The third-order valence-corrected chi connectivity index (χ3v) is 5.82. The van der Waals surface area contributed by atoms with Crippen LogP contribution in [0.5, 0.6) is 0 Å². The smallest absolute Gasteiger partial charge is 0.0858 e. The Labute approximate surface area is 136 Å². The lowest BCUT2D eigenvalue weighted by atomic mass is 10.1. The quantitative estimate of drug-likeness (QED) is 0.851. The van der Waals surface area contributed by atoms with Gasteiger partial charge in [0.2, 0.25) is 0 Å². The second-order valence-electron chi connectivity index (χ2n) is 6.78. The van der Waals surface area contributed by atoms with Gasteiger partial charge in [0.05, 0.1) is 16.2 Å². The van der Waals surface area contributed by atoms with Gasteiger partial charge in [-0.3, -0.25) is 14.5 Å². The minimum atomic E-state index is 0.706. The number of nitrogens with zero attached hydrogens (tertiary/aromatic N) is 4. The Balaban J connectivity index is 1.61. The molecule has 2 aromatic rings. The van der Waals surface area contributed by atoms with Crippen molar-refractivity contribution >= 4 is 22.5 Å². The predicted molar refractivity (Wildman–Crippen MR) is 90.2 cm³/mol. The summed E-state index contributed by atoms with van der Waals surface area (Å²) < 4.78 is 1.95. The second-order valence-corrected chi connectivity index (χ2v) is 7.19. The molecule has 2 aliphatic rings. The maximum Gasteiger partial charge on any atom is 0.0858 e. The Morgan fingerprint density at radius 3 is 2.86 bits per heavy atom. The van der Waals surface area contributed by atoms with E-state index in [1.807, 2.05) is 23.9 Å². The summed E-state index contributed by atoms with van der Waals surface area (Å²) in [6.45, 7) is 3.21. The Kier molecular flexibility index (Phi) is 3.63. The average Bonchev–Trinajstić information content (AvgIpc) is 2.92. The van der Waals surface area contributed by atoms with Gasteiger partial charge in [-0.2, -0.15) is 5.10 Å². The van der Waals surface area contributed by atoms with E-state index in [0.29, 0.717) is 6.04 Å². The molecule has 4 nitrogen and oxygen atoms in total. The zero-order valence-electron chi connectivity index (χ0n) is 13.3. The van der Waals surface area contributed by atoms with Gasteiger partial charge < -0.3 is 0 Å². The lowest BCUT2D eigenvalue weighted by Gasteiger charge is -2.25. The van der Waals surface area contributed by atoms with Crippen LogP contribution in [-0.4, -0.2) is 51.8 Å². The van der Waals surface area contributed by atoms with E-state index in [9.17, 15) is 0 Å². The number of likely N-dealkylation sites (N-methyl/N-ethyl adjacent to an activating group) is 1. The Morgan fingerprint density at radius 2 is 2.00 bits per heavy atom. The molecule has 4 rings (SSSR count). The summed E-state index contributed by atoms with van der Waals surface area (Å²) in [5.74, 6) is 0. The van der Waals surface area contributed by atoms with Crippen LogP contribution in [-0.2, 0) is 13.6 Å². The van der Waals surface area contributed by atoms with Crippen molar-refractivity contribution in [2.75, 3.05) is 20.1 Å². The maximum atomic E-state index is 6.43. The SMILES string of the molecule is CN1[C@H]2CC[C@@H]1CN(Cc1nn(C)c3cccc(Cl)c13)CC2. The van der Waals surface area contributed by atoms with Gasteiger partial charge in [-0.1, -0.05) is 17.7 Å². The van der Waals surface area contributed by atoms with E-state index in [1.54, 1.807) is 0 Å². The molecular weight excluding hydrogens is 296 g/mol. The summed E-state index contributed by atoms with van der Waals surface area (Å²) in [5, 5.41) is 6.67. The van der Waals surface area contributed by atoms with Gasteiger partial charge in [-0.05, 0) is 38.4 Å². The van der Waals surface area contributed by atoms with Gasteiger partial charge in [-0.25, -0.2) is 0 Å². The molecule has 1 aromatic carbocycles. The van der Waals surface area contributed by atoms with Crippen LogP contribution in [0, 0.1) is 0 Å². The molecule has 0 spiro atoms. The maximum absolute atomic E-state index is 6.43. The summed E-state index contributed by atoms with van der Waals surface area (Å²) >= 11 is 6.43. The molecule has 2 aliphatic heterocycles. The number of rotatable bonds is 2. The van der Waals surface area contributed by atoms with Crippen molar-refractivity contribution in [3.8, 4) is 0 Å². The molecule has 0 amide bonds. The molecule has 0 aliphatic carbocycles. The molecule has 3 heterocycles. The number of benzene rings is 1. The monoisotopic (exact) mass is 318 g/mol. The number of fused-ring (bicyclic) bond motifs is 3. The van der Waals surface area contributed by atoms with Crippen LogP contribution in [0.25, 0.3) is 10.9 Å².